The van der Waals surface area contributed by atoms with Gasteiger partial charge in [0.2, 0.25) is 0 Å². The number of hydrogen-bond donors (Lipinski definition) is 2. The molecular formula is C24H17FN6. The van der Waals surface area contributed by atoms with Gasteiger partial charge in [0.1, 0.15) is 23.0 Å². The van der Waals surface area contributed by atoms with Crippen LogP contribution in [0.4, 0.5) is 10.2 Å². The van der Waals surface area contributed by atoms with E-state index >= 15 is 0 Å². The van der Waals surface area contributed by atoms with Gasteiger partial charge in [-0.05, 0) is 30.3 Å². The Morgan fingerprint density at radius 2 is 1.48 bits per heavy atom. The molecule has 3 heterocycles. The van der Waals surface area contributed by atoms with Crippen molar-refractivity contribution in [2.75, 3.05) is 5.73 Å². The van der Waals surface area contributed by atoms with Crippen LogP contribution >= 0.6 is 0 Å². The second-order valence-electron chi connectivity index (χ2n) is 7.42. The lowest BCUT2D eigenvalue weighted by molar-refractivity contribution is 0.602. The number of anilines is 1. The van der Waals surface area contributed by atoms with Gasteiger partial charge in [-0.3, -0.25) is 0 Å². The van der Waals surface area contributed by atoms with Crippen LogP contribution in [0.15, 0.2) is 72.8 Å². The van der Waals surface area contributed by atoms with Crippen LogP contribution in [0.2, 0.25) is 0 Å². The van der Waals surface area contributed by atoms with Crippen LogP contribution in [0.5, 0.6) is 0 Å². The van der Waals surface area contributed by atoms with Gasteiger partial charge in [0, 0.05) is 5.56 Å². The normalized spacial score (nSPS) is 11.6. The molecule has 3 N–H and O–H groups in total. The molecule has 0 aliphatic heterocycles. The second-order valence-corrected chi connectivity index (χ2v) is 7.42. The number of H-pyrrole nitrogens is 1. The van der Waals surface area contributed by atoms with Crippen LogP contribution in [0.1, 0.15) is 5.56 Å². The van der Waals surface area contributed by atoms with Gasteiger partial charge in [-0.15, -0.1) is 0 Å². The third-order valence-corrected chi connectivity index (χ3v) is 5.50. The van der Waals surface area contributed by atoms with Crippen molar-refractivity contribution in [2.45, 2.75) is 6.54 Å². The molecule has 0 aliphatic rings. The van der Waals surface area contributed by atoms with E-state index in [0.29, 0.717) is 33.9 Å². The molecule has 0 amide bonds. The van der Waals surface area contributed by atoms with Crippen LogP contribution in [0.3, 0.4) is 0 Å². The maximum absolute atomic E-state index is 14.4. The Morgan fingerprint density at radius 3 is 2.26 bits per heavy atom. The molecule has 0 spiro atoms. The molecule has 31 heavy (non-hydrogen) atoms. The van der Waals surface area contributed by atoms with Crippen molar-refractivity contribution >= 4 is 39.0 Å². The average molecular weight is 408 g/mol. The minimum atomic E-state index is -0.289. The lowest BCUT2D eigenvalue weighted by Gasteiger charge is -2.09. The van der Waals surface area contributed by atoms with Gasteiger partial charge >= 0.3 is 0 Å². The highest BCUT2D eigenvalue weighted by molar-refractivity contribution is 6.01. The number of rotatable bonds is 3. The maximum atomic E-state index is 14.4. The van der Waals surface area contributed by atoms with E-state index in [4.69, 9.17) is 20.7 Å². The van der Waals surface area contributed by atoms with E-state index in [9.17, 15) is 4.39 Å². The van der Waals surface area contributed by atoms with E-state index in [-0.39, 0.29) is 12.4 Å². The van der Waals surface area contributed by atoms with Crippen LogP contribution in [0, 0.1) is 5.82 Å². The molecule has 6 aromatic rings. The Kier molecular flexibility index (Phi) is 3.76. The lowest BCUT2D eigenvalue weighted by atomic mass is 10.2. The summed E-state index contributed by atoms with van der Waals surface area (Å²) in [5.41, 5.74) is 12.3. The quantitative estimate of drug-likeness (QED) is 0.436. The molecule has 3 aromatic carbocycles. The zero-order valence-electron chi connectivity index (χ0n) is 16.4. The molecule has 0 radical (unpaired) electrons. The lowest BCUT2D eigenvalue weighted by Crippen LogP contribution is -2.07. The Morgan fingerprint density at radius 1 is 0.806 bits per heavy atom. The molecule has 7 heteroatoms. The third kappa shape index (κ3) is 2.74. The van der Waals surface area contributed by atoms with Gasteiger partial charge in [-0.2, -0.15) is 0 Å². The number of halogens is 1. The van der Waals surface area contributed by atoms with Crippen molar-refractivity contribution in [3.05, 3.63) is 84.2 Å². The third-order valence-electron chi connectivity index (χ3n) is 5.50. The van der Waals surface area contributed by atoms with E-state index < -0.39 is 0 Å². The smallest absolute Gasteiger partial charge is 0.162 e. The minimum absolute atomic E-state index is 0.238. The fourth-order valence-corrected chi connectivity index (χ4v) is 3.98. The van der Waals surface area contributed by atoms with Crippen molar-refractivity contribution in [1.29, 1.82) is 0 Å². The van der Waals surface area contributed by atoms with Crippen molar-refractivity contribution in [2.24, 2.45) is 0 Å². The summed E-state index contributed by atoms with van der Waals surface area (Å²) in [6, 6.07) is 22.1. The van der Waals surface area contributed by atoms with Gasteiger partial charge < -0.3 is 15.3 Å². The summed E-state index contributed by atoms with van der Waals surface area (Å²) in [5, 5.41) is 0. The predicted octanol–water partition coefficient (Wildman–Crippen LogP) is 4.90. The molecule has 0 unspecified atom stereocenters. The van der Waals surface area contributed by atoms with E-state index in [2.05, 4.69) is 4.98 Å². The number of hydrogen-bond acceptors (Lipinski definition) is 4. The zero-order valence-corrected chi connectivity index (χ0v) is 16.4. The Bertz CT molecular complexity index is 1560. The summed E-state index contributed by atoms with van der Waals surface area (Å²) in [6.45, 7) is 0.238. The number of para-hydroxylation sites is 4. The number of nitrogens with one attached hydrogen (secondary N) is 1. The highest BCUT2D eigenvalue weighted by atomic mass is 19.1. The van der Waals surface area contributed by atoms with Gasteiger partial charge in [0.05, 0.1) is 34.2 Å². The number of aromatic amines is 1. The molecule has 0 saturated heterocycles. The molecule has 6 nitrogen and oxygen atoms in total. The van der Waals surface area contributed by atoms with E-state index in [1.54, 1.807) is 16.7 Å². The molecule has 150 valence electrons. The van der Waals surface area contributed by atoms with Crippen LogP contribution in [-0.4, -0.2) is 24.5 Å². The number of nitrogens with zero attached hydrogens (tertiary/aromatic N) is 4. The summed E-state index contributed by atoms with van der Waals surface area (Å²) in [6.07, 6.45) is 0. The van der Waals surface area contributed by atoms with Crippen LogP contribution in [0.25, 0.3) is 44.6 Å². The van der Waals surface area contributed by atoms with Crippen LogP contribution < -0.4 is 5.73 Å². The fraction of sp³-hybridized carbons (Fsp3) is 0.0417. The van der Waals surface area contributed by atoms with Crippen molar-refractivity contribution in [3.8, 4) is 11.4 Å². The van der Waals surface area contributed by atoms with Crippen LogP contribution in [-0.2, 0) is 6.54 Å². The highest BCUT2D eigenvalue weighted by Gasteiger charge is 2.23. The minimum Gasteiger partial charge on any atom is -0.384 e. The van der Waals surface area contributed by atoms with Crippen molar-refractivity contribution < 1.29 is 4.39 Å². The summed E-state index contributed by atoms with van der Waals surface area (Å²) in [4.78, 5) is 17.7. The Hall–Kier alpha value is -4.26. The summed E-state index contributed by atoms with van der Waals surface area (Å²) in [7, 11) is 0. The van der Waals surface area contributed by atoms with Gasteiger partial charge in [0.25, 0.3) is 0 Å². The Balaban J connectivity index is 1.66. The maximum Gasteiger partial charge on any atom is 0.162 e. The first-order chi connectivity index (χ1) is 15.2. The number of benzene rings is 3. The molecule has 0 bridgehead atoms. The van der Waals surface area contributed by atoms with Gasteiger partial charge in [-0.25, -0.2) is 19.3 Å². The first kappa shape index (κ1) is 17.6. The molecule has 0 aliphatic carbocycles. The molecule has 3 aromatic heterocycles. The van der Waals surface area contributed by atoms with E-state index in [0.717, 1.165) is 22.1 Å². The SMILES string of the molecule is Nc1c(-c2nc3ccccc3[nH]2)c2nc3ccccc3nc2n1Cc1ccccc1F. The van der Waals surface area contributed by atoms with Gasteiger partial charge in [0.15, 0.2) is 5.65 Å². The molecule has 0 saturated carbocycles. The van der Waals surface area contributed by atoms with Crippen molar-refractivity contribution in [3.63, 3.8) is 0 Å². The molecule has 6 rings (SSSR count). The average Bonchev–Trinajstić information content (AvgIpc) is 3.32. The van der Waals surface area contributed by atoms with E-state index in [1.807, 2.05) is 54.6 Å². The molecular weight excluding hydrogens is 391 g/mol. The van der Waals surface area contributed by atoms with E-state index in [1.165, 1.54) is 6.07 Å². The second kappa shape index (κ2) is 6.63. The van der Waals surface area contributed by atoms with Crippen molar-refractivity contribution in [1.82, 2.24) is 24.5 Å². The largest absolute Gasteiger partial charge is 0.384 e. The monoisotopic (exact) mass is 408 g/mol. The predicted molar refractivity (Wildman–Crippen MR) is 120 cm³/mol. The summed E-state index contributed by atoms with van der Waals surface area (Å²) in [5.74, 6) is 0.760. The first-order valence-corrected chi connectivity index (χ1v) is 9.92. The fourth-order valence-electron chi connectivity index (χ4n) is 3.98. The number of imidazole rings is 1. The number of aromatic nitrogens is 5. The standard InChI is InChI=1S/C24H17FN6/c25-15-8-2-1-7-14(15)13-31-22(26)20(23-28-17-10-4-5-11-18(17)29-23)21-24(31)30-19-12-6-3-9-16(19)27-21/h1-12H,13,26H2,(H,28,29). The molecule has 0 fully saturated rings. The number of fused-ring (bicyclic) bond motifs is 3. The highest BCUT2D eigenvalue weighted by Crippen LogP contribution is 2.36. The summed E-state index contributed by atoms with van der Waals surface area (Å²) >= 11 is 0. The summed E-state index contributed by atoms with van der Waals surface area (Å²) < 4.78 is 16.2. The Labute approximate surface area is 176 Å². The molecule has 0 atom stereocenters. The number of nitrogen functional groups attached to an aromatic ring is 1. The first-order valence-electron chi connectivity index (χ1n) is 9.92. The topological polar surface area (TPSA) is 85.4 Å². The number of nitrogens with two attached hydrogens (primary N) is 1. The zero-order chi connectivity index (χ0) is 20.9. The van der Waals surface area contributed by atoms with Gasteiger partial charge in [-0.1, -0.05) is 42.5 Å².